The van der Waals surface area contributed by atoms with E-state index in [4.69, 9.17) is 4.98 Å². The molecule has 0 saturated carbocycles. The van der Waals surface area contributed by atoms with Crippen molar-refractivity contribution in [2.45, 2.75) is 0 Å². The van der Waals surface area contributed by atoms with Crippen LogP contribution in [0.25, 0.3) is 67.3 Å². The summed E-state index contributed by atoms with van der Waals surface area (Å²) < 4.78 is 0. The van der Waals surface area contributed by atoms with Crippen LogP contribution in [-0.2, 0) is 0 Å². The Morgan fingerprint density at radius 2 is 0.812 bits per heavy atom. The van der Waals surface area contributed by atoms with Crippen LogP contribution >= 0.6 is 0 Å². The third-order valence-corrected chi connectivity index (χ3v) is 7.70. The predicted molar refractivity (Wildman–Crippen MR) is 180 cm³/mol. The van der Waals surface area contributed by atoms with Crippen LogP contribution in [0.3, 0.4) is 0 Å². The summed E-state index contributed by atoms with van der Waals surface area (Å²) in [5.41, 5.74) is 11.2. The lowest BCUT2D eigenvalue weighted by molar-refractivity contribution is 1.26. The molecular weight excluding hydrogens is 594 g/mol. The lowest BCUT2D eigenvalue weighted by Gasteiger charge is -2.12. The number of rotatable bonds is 6. The van der Waals surface area contributed by atoms with E-state index in [1.165, 1.54) is 12.4 Å². The number of nitrogens with zero attached hydrogens (tertiary/aromatic N) is 9. The predicted octanol–water partition coefficient (Wildman–Crippen LogP) is 7.67. The minimum atomic E-state index is 0.469. The standard InChI is InChI=1S/C39H21N9/c40-15-25-7-8-45-39(11-25)30-3-6-36(48-24-30)33-13-31(28-1-4-37(46-22-28)34-9-26(16-41)18-43-20-34)12-32(14-33)29-2-5-38(47-23-29)35-10-27(17-42)19-44-21-35/h1-14,18-24H. The largest absolute Gasteiger partial charge is 0.263 e. The number of hydrogen-bond donors (Lipinski definition) is 0. The van der Waals surface area contributed by atoms with E-state index in [1.54, 1.807) is 61.4 Å². The highest BCUT2D eigenvalue weighted by atomic mass is 14.7. The maximum Gasteiger partial charge on any atom is 0.101 e. The summed E-state index contributed by atoms with van der Waals surface area (Å²) in [6.07, 6.45) is 13.4. The normalized spacial score (nSPS) is 10.4. The van der Waals surface area contributed by atoms with Crippen molar-refractivity contribution in [3.8, 4) is 85.5 Å². The first-order chi connectivity index (χ1) is 23.6. The molecule has 0 atom stereocenters. The molecule has 9 heteroatoms. The Morgan fingerprint density at radius 3 is 1.29 bits per heavy atom. The second-order valence-corrected chi connectivity index (χ2v) is 10.8. The zero-order valence-corrected chi connectivity index (χ0v) is 25.1. The molecule has 6 aromatic heterocycles. The van der Waals surface area contributed by atoms with E-state index in [2.05, 4.69) is 61.3 Å². The van der Waals surface area contributed by atoms with Gasteiger partial charge in [-0.05, 0) is 77.9 Å². The van der Waals surface area contributed by atoms with Gasteiger partial charge >= 0.3 is 0 Å². The van der Waals surface area contributed by atoms with Gasteiger partial charge in [0, 0.05) is 83.0 Å². The van der Waals surface area contributed by atoms with Crippen molar-refractivity contribution in [2.24, 2.45) is 0 Å². The molecule has 7 aromatic rings. The van der Waals surface area contributed by atoms with Crippen LogP contribution in [0, 0.1) is 34.0 Å². The van der Waals surface area contributed by atoms with Crippen molar-refractivity contribution in [2.75, 3.05) is 0 Å². The van der Waals surface area contributed by atoms with Crippen LogP contribution in [0.2, 0.25) is 0 Å². The molecule has 1 aromatic carbocycles. The first kappa shape index (κ1) is 29.3. The third kappa shape index (κ3) is 6.09. The summed E-state index contributed by atoms with van der Waals surface area (Å²) in [5, 5.41) is 27.9. The van der Waals surface area contributed by atoms with E-state index in [-0.39, 0.29) is 0 Å². The lowest BCUT2D eigenvalue weighted by Crippen LogP contribution is -1.92. The molecule has 48 heavy (non-hydrogen) atoms. The molecular formula is C39H21N9. The zero-order valence-electron chi connectivity index (χ0n) is 25.1. The van der Waals surface area contributed by atoms with E-state index in [0.29, 0.717) is 33.8 Å². The first-order valence-corrected chi connectivity index (χ1v) is 14.7. The monoisotopic (exact) mass is 615 g/mol. The van der Waals surface area contributed by atoms with Crippen molar-refractivity contribution < 1.29 is 0 Å². The Labute approximate surface area is 275 Å². The maximum atomic E-state index is 9.30. The van der Waals surface area contributed by atoms with Crippen LogP contribution < -0.4 is 0 Å². The van der Waals surface area contributed by atoms with Gasteiger partial charge in [-0.25, -0.2) is 0 Å². The highest BCUT2D eigenvalue weighted by Gasteiger charge is 2.12. The molecule has 0 aliphatic heterocycles. The van der Waals surface area contributed by atoms with E-state index < -0.39 is 0 Å². The Kier molecular flexibility index (Phi) is 7.88. The maximum absolute atomic E-state index is 9.30. The number of pyridine rings is 6. The van der Waals surface area contributed by atoms with Gasteiger partial charge in [-0.3, -0.25) is 29.9 Å². The molecule has 0 spiro atoms. The quantitative estimate of drug-likeness (QED) is 0.184. The van der Waals surface area contributed by atoms with Crippen LogP contribution in [0.1, 0.15) is 16.7 Å². The number of hydrogen-bond acceptors (Lipinski definition) is 9. The highest BCUT2D eigenvalue weighted by Crippen LogP contribution is 2.34. The molecule has 0 aliphatic rings. The number of aromatic nitrogens is 6. The second kappa shape index (κ2) is 12.9. The van der Waals surface area contributed by atoms with Gasteiger partial charge in [-0.1, -0.05) is 12.1 Å². The smallest absolute Gasteiger partial charge is 0.101 e. The first-order valence-electron chi connectivity index (χ1n) is 14.7. The molecule has 0 bridgehead atoms. The van der Waals surface area contributed by atoms with Crippen molar-refractivity contribution >= 4 is 0 Å². The molecule has 0 N–H and O–H groups in total. The highest BCUT2D eigenvalue weighted by molar-refractivity contribution is 5.81. The van der Waals surface area contributed by atoms with Crippen molar-refractivity contribution in [3.05, 3.63) is 145 Å². The van der Waals surface area contributed by atoms with Gasteiger partial charge in [-0.15, -0.1) is 0 Å². The summed E-state index contributed by atoms with van der Waals surface area (Å²) >= 11 is 0. The van der Waals surface area contributed by atoms with Crippen molar-refractivity contribution in [1.82, 2.24) is 29.9 Å². The van der Waals surface area contributed by atoms with Gasteiger partial charge in [0.25, 0.3) is 0 Å². The van der Waals surface area contributed by atoms with Gasteiger partial charge in [0.05, 0.1) is 45.5 Å². The van der Waals surface area contributed by atoms with Crippen molar-refractivity contribution in [3.63, 3.8) is 0 Å². The van der Waals surface area contributed by atoms with Crippen LogP contribution in [0.4, 0.5) is 0 Å². The Balaban J connectivity index is 1.28. The molecule has 6 heterocycles. The molecule has 222 valence electrons. The number of nitriles is 3. The fraction of sp³-hybridized carbons (Fsp3) is 0. The van der Waals surface area contributed by atoms with Gasteiger partial charge < -0.3 is 0 Å². The molecule has 9 nitrogen and oxygen atoms in total. The van der Waals surface area contributed by atoms with Gasteiger partial charge in [0.1, 0.15) is 12.1 Å². The summed E-state index contributed by atoms with van der Waals surface area (Å²) in [6, 6.07) is 31.2. The van der Waals surface area contributed by atoms with E-state index in [9.17, 15) is 15.8 Å². The van der Waals surface area contributed by atoms with Gasteiger partial charge in [0.15, 0.2) is 0 Å². The van der Waals surface area contributed by atoms with Crippen LogP contribution in [0.5, 0.6) is 0 Å². The minimum Gasteiger partial charge on any atom is -0.263 e. The summed E-state index contributed by atoms with van der Waals surface area (Å²) in [6.45, 7) is 0. The molecule has 0 radical (unpaired) electrons. The van der Waals surface area contributed by atoms with Gasteiger partial charge in [-0.2, -0.15) is 15.8 Å². The SMILES string of the molecule is N#Cc1cncc(-c2ccc(-c3cc(-c4ccc(-c5cncc(C#N)c5)nc4)cc(-c4ccc(-c5cc(C#N)ccn5)cn4)c3)cn2)c1. The minimum absolute atomic E-state index is 0.469. The molecule has 0 saturated heterocycles. The fourth-order valence-corrected chi connectivity index (χ4v) is 5.24. The Hall–Kier alpha value is -7.41. The molecule has 7 rings (SSSR count). The topological polar surface area (TPSA) is 149 Å². The average molecular weight is 616 g/mol. The van der Waals surface area contributed by atoms with E-state index in [1.807, 2.05) is 36.4 Å². The van der Waals surface area contributed by atoms with E-state index >= 15 is 0 Å². The van der Waals surface area contributed by atoms with E-state index in [0.717, 1.165) is 50.2 Å². The number of benzene rings is 1. The Morgan fingerprint density at radius 1 is 0.333 bits per heavy atom. The Bertz CT molecular complexity index is 2130. The molecule has 0 fully saturated rings. The average Bonchev–Trinajstić information content (AvgIpc) is 3.18. The zero-order chi connectivity index (χ0) is 32.9. The van der Waals surface area contributed by atoms with Crippen molar-refractivity contribution in [1.29, 1.82) is 15.8 Å². The summed E-state index contributed by atoms with van der Waals surface area (Å²) in [5.74, 6) is 0. The molecule has 0 amide bonds. The summed E-state index contributed by atoms with van der Waals surface area (Å²) in [7, 11) is 0. The molecule has 0 aliphatic carbocycles. The third-order valence-electron chi connectivity index (χ3n) is 7.70. The fourth-order valence-electron chi connectivity index (χ4n) is 5.24. The van der Waals surface area contributed by atoms with Crippen LogP contribution in [0.15, 0.2) is 128 Å². The van der Waals surface area contributed by atoms with Gasteiger partial charge in [0.2, 0.25) is 0 Å². The second-order valence-electron chi connectivity index (χ2n) is 10.8. The summed E-state index contributed by atoms with van der Waals surface area (Å²) in [4.78, 5) is 26.9. The van der Waals surface area contributed by atoms with Crippen LogP contribution in [-0.4, -0.2) is 29.9 Å². The lowest BCUT2D eigenvalue weighted by atomic mass is 9.95. The molecule has 0 unspecified atom stereocenters.